The summed E-state index contributed by atoms with van der Waals surface area (Å²) in [5, 5.41) is 0. The number of rotatable bonds is 2. The molecule has 0 saturated carbocycles. The lowest BCUT2D eigenvalue weighted by atomic mass is 9.73. The van der Waals surface area contributed by atoms with Crippen LogP contribution in [0.1, 0.15) is 60.8 Å². The zero-order chi connectivity index (χ0) is 11.0. The molecule has 0 radical (unpaired) electrons. The Morgan fingerprint density at radius 3 is 1.71 bits per heavy atom. The van der Waals surface area contributed by atoms with Gasteiger partial charge in [-0.3, -0.25) is 4.90 Å². The summed E-state index contributed by atoms with van der Waals surface area (Å²) in [6, 6.07) is 0. The van der Waals surface area contributed by atoms with Crippen molar-refractivity contribution in [1.82, 2.24) is 4.90 Å². The molecule has 0 aromatic heterocycles. The van der Waals surface area contributed by atoms with Crippen molar-refractivity contribution in [3.05, 3.63) is 0 Å². The van der Waals surface area contributed by atoms with E-state index in [2.05, 4.69) is 46.4 Å². The fourth-order valence-electron chi connectivity index (χ4n) is 3.67. The van der Waals surface area contributed by atoms with E-state index in [0.29, 0.717) is 11.1 Å². The van der Waals surface area contributed by atoms with E-state index < -0.39 is 0 Å². The third-order valence-corrected chi connectivity index (χ3v) is 3.93. The van der Waals surface area contributed by atoms with E-state index in [1.165, 1.54) is 25.8 Å². The molecule has 1 heteroatoms. The van der Waals surface area contributed by atoms with Gasteiger partial charge in [0.2, 0.25) is 0 Å². The zero-order valence-electron chi connectivity index (χ0n) is 10.9. The summed E-state index contributed by atoms with van der Waals surface area (Å²) in [6.07, 6.45) is 4.06. The first-order valence-electron chi connectivity index (χ1n) is 6.11. The topological polar surface area (TPSA) is 3.24 Å². The molecule has 84 valence electrons. The Hall–Kier alpha value is -0.0400. The lowest BCUT2D eigenvalue weighted by Crippen LogP contribution is -2.60. The van der Waals surface area contributed by atoms with Crippen LogP contribution in [0, 0.1) is 5.92 Å². The lowest BCUT2D eigenvalue weighted by Gasteiger charge is -2.55. The average Bonchev–Trinajstić information content (AvgIpc) is 2.00. The maximum atomic E-state index is 2.67. The summed E-state index contributed by atoms with van der Waals surface area (Å²) in [5.41, 5.74) is 0.772. The molecule has 0 spiro atoms. The Morgan fingerprint density at radius 2 is 1.43 bits per heavy atom. The standard InChI is InChI=1S/C13H27N/c1-7-11-9-12(3,4)14(8-2)13(5,6)10-11/h11H,7-10H2,1-6H3. The summed E-state index contributed by atoms with van der Waals surface area (Å²) in [7, 11) is 0. The molecule has 14 heavy (non-hydrogen) atoms. The molecule has 1 aliphatic rings. The molecule has 0 aliphatic carbocycles. The maximum Gasteiger partial charge on any atom is 0.0161 e. The van der Waals surface area contributed by atoms with Crippen molar-refractivity contribution >= 4 is 0 Å². The van der Waals surface area contributed by atoms with E-state index in [1.54, 1.807) is 0 Å². The van der Waals surface area contributed by atoms with Gasteiger partial charge < -0.3 is 0 Å². The molecule has 0 bridgehead atoms. The van der Waals surface area contributed by atoms with Crippen molar-refractivity contribution in [2.24, 2.45) is 5.92 Å². The normalized spacial score (nSPS) is 27.9. The Kier molecular flexibility index (Phi) is 3.30. The van der Waals surface area contributed by atoms with Gasteiger partial charge in [-0.1, -0.05) is 20.3 Å². The van der Waals surface area contributed by atoms with Gasteiger partial charge in [0.15, 0.2) is 0 Å². The summed E-state index contributed by atoms with van der Waals surface area (Å²) in [6.45, 7) is 15.4. The van der Waals surface area contributed by atoms with Crippen molar-refractivity contribution < 1.29 is 0 Å². The van der Waals surface area contributed by atoms with Crippen LogP contribution < -0.4 is 0 Å². The largest absolute Gasteiger partial charge is 0.293 e. The van der Waals surface area contributed by atoms with Crippen molar-refractivity contribution in [2.45, 2.75) is 71.9 Å². The van der Waals surface area contributed by atoms with Crippen LogP contribution in [0.25, 0.3) is 0 Å². The fourth-order valence-corrected chi connectivity index (χ4v) is 3.67. The van der Waals surface area contributed by atoms with Gasteiger partial charge in [-0.05, 0) is 53.0 Å². The van der Waals surface area contributed by atoms with Gasteiger partial charge in [-0.15, -0.1) is 0 Å². The second-order valence-electron chi connectivity index (χ2n) is 6.05. The van der Waals surface area contributed by atoms with Crippen LogP contribution in [0.3, 0.4) is 0 Å². The lowest BCUT2D eigenvalue weighted by molar-refractivity contribution is -0.0478. The number of likely N-dealkylation sites (tertiary alicyclic amines) is 1. The van der Waals surface area contributed by atoms with Crippen molar-refractivity contribution in [3.63, 3.8) is 0 Å². The highest BCUT2D eigenvalue weighted by Gasteiger charge is 2.43. The average molecular weight is 197 g/mol. The van der Waals surface area contributed by atoms with Crippen LogP contribution in [0.5, 0.6) is 0 Å². The summed E-state index contributed by atoms with van der Waals surface area (Å²) in [5.74, 6) is 0.919. The molecule has 1 saturated heterocycles. The minimum absolute atomic E-state index is 0.386. The van der Waals surface area contributed by atoms with Crippen LogP contribution in [0.15, 0.2) is 0 Å². The molecule has 1 nitrogen and oxygen atoms in total. The van der Waals surface area contributed by atoms with Crippen LogP contribution >= 0.6 is 0 Å². The molecule has 1 heterocycles. The first-order valence-corrected chi connectivity index (χ1v) is 6.11. The van der Waals surface area contributed by atoms with Crippen LogP contribution in [-0.2, 0) is 0 Å². The van der Waals surface area contributed by atoms with Gasteiger partial charge in [0.1, 0.15) is 0 Å². The summed E-state index contributed by atoms with van der Waals surface area (Å²) in [4.78, 5) is 2.67. The molecular weight excluding hydrogens is 170 g/mol. The number of piperidine rings is 1. The summed E-state index contributed by atoms with van der Waals surface area (Å²) >= 11 is 0. The van der Waals surface area contributed by atoms with E-state index in [1.807, 2.05) is 0 Å². The van der Waals surface area contributed by atoms with Gasteiger partial charge in [-0.25, -0.2) is 0 Å². The molecule has 1 rings (SSSR count). The Morgan fingerprint density at radius 1 is 1.00 bits per heavy atom. The molecule has 0 N–H and O–H groups in total. The van der Waals surface area contributed by atoms with Gasteiger partial charge in [0.25, 0.3) is 0 Å². The fraction of sp³-hybridized carbons (Fsp3) is 1.00. The molecule has 1 fully saturated rings. The molecule has 0 unspecified atom stereocenters. The number of hydrogen-bond acceptors (Lipinski definition) is 1. The zero-order valence-corrected chi connectivity index (χ0v) is 10.9. The number of nitrogens with zero attached hydrogens (tertiary/aromatic N) is 1. The monoisotopic (exact) mass is 197 g/mol. The molecule has 0 amide bonds. The molecule has 0 aromatic carbocycles. The minimum Gasteiger partial charge on any atom is -0.293 e. The van der Waals surface area contributed by atoms with E-state index in [-0.39, 0.29) is 0 Å². The number of hydrogen-bond donors (Lipinski definition) is 0. The van der Waals surface area contributed by atoms with Gasteiger partial charge >= 0.3 is 0 Å². The molecular formula is C13H27N. The minimum atomic E-state index is 0.386. The van der Waals surface area contributed by atoms with Gasteiger partial charge in [0, 0.05) is 11.1 Å². The first-order chi connectivity index (χ1) is 6.33. The van der Waals surface area contributed by atoms with Crippen molar-refractivity contribution in [3.8, 4) is 0 Å². The van der Waals surface area contributed by atoms with Crippen LogP contribution in [0.4, 0.5) is 0 Å². The highest BCUT2D eigenvalue weighted by atomic mass is 15.3. The van der Waals surface area contributed by atoms with E-state index in [9.17, 15) is 0 Å². The van der Waals surface area contributed by atoms with Crippen LogP contribution in [-0.4, -0.2) is 22.5 Å². The predicted octanol–water partition coefficient (Wildman–Crippen LogP) is 3.69. The molecule has 0 atom stereocenters. The third-order valence-electron chi connectivity index (χ3n) is 3.93. The SMILES string of the molecule is CCC1CC(C)(C)N(CC)C(C)(C)C1. The van der Waals surface area contributed by atoms with Crippen LogP contribution in [0.2, 0.25) is 0 Å². The van der Waals surface area contributed by atoms with E-state index in [4.69, 9.17) is 0 Å². The highest BCUT2D eigenvalue weighted by Crippen LogP contribution is 2.41. The Labute approximate surface area is 89.9 Å². The molecule has 0 aromatic rings. The molecule has 1 aliphatic heterocycles. The summed E-state index contributed by atoms with van der Waals surface area (Å²) < 4.78 is 0. The predicted molar refractivity (Wildman–Crippen MR) is 63.6 cm³/mol. The maximum absolute atomic E-state index is 2.67. The quantitative estimate of drug-likeness (QED) is 0.652. The Balaban J connectivity index is 2.87. The first kappa shape index (κ1) is 12.0. The van der Waals surface area contributed by atoms with Crippen molar-refractivity contribution in [2.75, 3.05) is 6.54 Å². The second kappa shape index (κ2) is 3.84. The van der Waals surface area contributed by atoms with Crippen molar-refractivity contribution in [1.29, 1.82) is 0 Å². The van der Waals surface area contributed by atoms with E-state index in [0.717, 1.165) is 5.92 Å². The highest BCUT2D eigenvalue weighted by molar-refractivity contribution is 4.98. The smallest absolute Gasteiger partial charge is 0.0161 e. The third kappa shape index (κ3) is 2.13. The van der Waals surface area contributed by atoms with Gasteiger partial charge in [0.05, 0.1) is 0 Å². The van der Waals surface area contributed by atoms with E-state index >= 15 is 0 Å². The second-order valence-corrected chi connectivity index (χ2v) is 6.05. The van der Waals surface area contributed by atoms with Gasteiger partial charge in [-0.2, -0.15) is 0 Å². The Bertz CT molecular complexity index is 175.